The van der Waals surface area contributed by atoms with Gasteiger partial charge in [0.15, 0.2) is 0 Å². The summed E-state index contributed by atoms with van der Waals surface area (Å²) in [5, 5.41) is 14.3. The van der Waals surface area contributed by atoms with Crippen LogP contribution in [0.25, 0.3) is 0 Å². The third-order valence-corrected chi connectivity index (χ3v) is 3.90. The van der Waals surface area contributed by atoms with Gasteiger partial charge in [0, 0.05) is 23.9 Å². The van der Waals surface area contributed by atoms with Crippen molar-refractivity contribution >= 4 is 11.4 Å². The molecular formula is C15H22N2O2. The number of nitro groups is 1. The highest BCUT2D eigenvalue weighted by molar-refractivity contribution is 5.57. The van der Waals surface area contributed by atoms with Crippen LogP contribution in [-0.2, 0) is 0 Å². The van der Waals surface area contributed by atoms with E-state index in [0.29, 0.717) is 6.04 Å². The average molecular weight is 262 g/mol. The van der Waals surface area contributed by atoms with Crippen LogP contribution >= 0.6 is 0 Å². The third kappa shape index (κ3) is 3.94. The van der Waals surface area contributed by atoms with Crippen molar-refractivity contribution in [3.05, 3.63) is 33.9 Å². The van der Waals surface area contributed by atoms with Gasteiger partial charge < -0.3 is 5.32 Å². The van der Waals surface area contributed by atoms with Crippen molar-refractivity contribution in [2.24, 2.45) is 0 Å². The maximum atomic E-state index is 10.8. The molecule has 1 aromatic rings. The smallest absolute Gasteiger partial charge is 0.271 e. The number of hydrogen-bond acceptors (Lipinski definition) is 3. The van der Waals surface area contributed by atoms with Gasteiger partial charge in [-0.3, -0.25) is 10.1 Å². The summed E-state index contributed by atoms with van der Waals surface area (Å²) < 4.78 is 0. The number of rotatable bonds is 3. The highest BCUT2D eigenvalue weighted by Gasteiger charge is 2.14. The molecule has 1 aliphatic rings. The second kappa shape index (κ2) is 6.55. The molecule has 0 aromatic heterocycles. The third-order valence-electron chi connectivity index (χ3n) is 3.90. The first kappa shape index (κ1) is 13.8. The number of hydrogen-bond donors (Lipinski definition) is 1. The lowest BCUT2D eigenvalue weighted by Gasteiger charge is -2.23. The van der Waals surface area contributed by atoms with E-state index in [1.807, 2.05) is 13.0 Å². The molecule has 0 spiro atoms. The van der Waals surface area contributed by atoms with E-state index in [4.69, 9.17) is 0 Å². The normalized spacial score (nSPS) is 17.5. The molecule has 1 aliphatic carbocycles. The van der Waals surface area contributed by atoms with Crippen LogP contribution in [0.2, 0.25) is 0 Å². The zero-order chi connectivity index (χ0) is 13.7. The summed E-state index contributed by atoms with van der Waals surface area (Å²) in [6, 6.07) is 5.51. The van der Waals surface area contributed by atoms with Crippen LogP contribution in [0.15, 0.2) is 18.2 Å². The molecule has 2 rings (SSSR count). The van der Waals surface area contributed by atoms with E-state index in [-0.39, 0.29) is 10.6 Å². The summed E-state index contributed by atoms with van der Waals surface area (Å²) in [7, 11) is 0. The zero-order valence-corrected chi connectivity index (χ0v) is 11.5. The van der Waals surface area contributed by atoms with Crippen molar-refractivity contribution in [2.75, 3.05) is 5.32 Å². The van der Waals surface area contributed by atoms with Gasteiger partial charge in [-0.05, 0) is 25.3 Å². The Kier molecular flexibility index (Phi) is 4.77. The quantitative estimate of drug-likeness (QED) is 0.647. The SMILES string of the molecule is Cc1ccc([N+](=O)[O-])cc1NC1CCCCCCC1. The van der Waals surface area contributed by atoms with E-state index in [1.165, 1.54) is 44.9 Å². The fourth-order valence-corrected chi connectivity index (χ4v) is 2.70. The standard InChI is InChI=1S/C15H22N2O2/c1-12-9-10-14(17(18)19)11-15(12)16-13-7-5-3-2-4-6-8-13/h9-11,13,16H,2-8H2,1H3. The van der Waals surface area contributed by atoms with Crippen molar-refractivity contribution in [3.8, 4) is 0 Å². The molecule has 1 aromatic carbocycles. The molecule has 0 saturated heterocycles. The van der Waals surface area contributed by atoms with E-state index < -0.39 is 0 Å². The van der Waals surface area contributed by atoms with Crippen LogP contribution in [0.3, 0.4) is 0 Å². The molecule has 19 heavy (non-hydrogen) atoms. The van der Waals surface area contributed by atoms with Crippen LogP contribution in [0.4, 0.5) is 11.4 Å². The average Bonchev–Trinajstić information content (AvgIpc) is 2.34. The van der Waals surface area contributed by atoms with E-state index in [9.17, 15) is 10.1 Å². The first-order valence-electron chi connectivity index (χ1n) is 7.18. The lowest BCUT2D eigenvalue weighted by molar-refractivity contribution is -0.384. The highest BCUT2D eigenvalue weighted by atomic mass is 16.6. The van der Waals surface area contributed by atoms with Gasteiger partial charge in [0.25, 0.3) is 5.69 Å². The van der Waals surface area contributed by atoms with Crippen LogP contribution < -0.4 is 5.32 Å². The van der Waals surface area contributed by atoms with Crippen LogP contribution in [0.1, 0.15) is 50.5 Å². The number of benzene rings is 1. The van der Waals surface area contributed by atoms with Crippen molar-refractivity contribution in [3.63, 3.8) is 0 Å². The Bertz CT molecular complexity index is 438. The molecule has 0 radical (unpaired) electrons. The summed E-state index contributed by atoms with van der Waals surface area (Å²) in [5.74, 6) is 0. The fraction of sp³-hybridized carbons (Fsp3) is 0.600. The monoisotopic (exact) mass is 262 g/mol. The maximum absolute atomic E-state index is 10.8. The van der Waals surface area contributed by atoms with Gasteiger partial charge in [0.05, 0.1) is 4.92 Å². The molecule has 0 aliphatic heterocycles. The van der Waals surface area contributed by atoms with Crippen LogP contribution in [-0.4, -0.2) is 11.0 Å². The summed E-state index contributed by atoms with van der Waals surface area (Å²) in [4.78, 5) is 10.5. The summed E-state index contributed by atoms with van der Waals surface area (Å²) in [6.45, 7) is 2.00. The summed E-state index contributed by atoms with van der Waals surface area (Å²) in [6.07, 6.45) is 8.82. The minimum Gasteiger partial charge on any atom is -0.382 e. The second-order valence-electron chi connectivity index (χ2n) is 5.44. The predicted molar refractivity (Wildman–Crippen MR) is 77.6 cm³/mol. The number of nitrogens with zero attached hydrogens (tertiary/aromatic N) is 1. The van der Waals surface area contributed by atoms with Gasteiger partial charge >= 0.3 is 0 Å². The fourth-order valence-electron chi connectivity index (χ4n) is 2.70. The molecule has 4 heteroatoms. The molecular weight excluding hydrogens is 240 g/mol. The van der Waals surface area contributed by atoms with Crippen LogP contribution in [0.5, 0.6) is 0 Å². The Labute approximate surface area is 114 Å². The van der Waals surface area contributed by atoms with Crippen molar-refractivity contribution in [2.45, 2.75) is 57.9 Å². The second-order valence-corrected chi connectivity index (χ2v) is 5.44. The molecule has 1 N–H and O–H groups in total. The molecule has 4 nitrogen and oxygen atoms in total. The number of non-ortho nitro benzene ring substituents is 1. The molecule has 104 valence electrons. The Hall–Kier alpha value is -1.58. The molecule has 0 unspecified atom stereocenters. The van der Waals surface area contributed by atoms with E-state index in [0.717, 1.165) is 11.3 Å². The van der Waals surface area contributed by atoms with Gasteiger partial charge in [-0.25, -0.2) is 0 Å². The van der Waals surface area contributed by atoms with Crippen molar-refractivity contribution in [1.29, 1.82) is 0 Å². The first-order valence-corrected chi connectivity index (χ1v) is 7.18. The number of nitrogens with one attached hydrogen (secondary N) is 1. The topological polar surface area (TPSA) is 55.2 Å². The van der Waals surface area contributed by atoms with Gasteiger partial charge in [-0.2, -0.15) is 0 Å². The Morgan fingerprint density at radius 3 is 2.42 bits per heavy atom. The molecule has 0 amide bonds. The Balaban J connectivity index is 2.07. The van der Waals surface area contributed by atoms with E-state index >= 15 is 0 Å². The number of anilines is 1. The Morgan fingerprint density at radius 1 is 1.16 bits per heavy atom. The van der Waals surface area contributed by atoms with Crippen molar-refractivity contribution in [1.82, 2.24) is 0 Å². The van der Waals surface area contributed by atoms with Crippen LogP contribution in [0, 0.1) is 17.0 Å². The number of nitro benzene ring substituents is 1. The lowest BCUT2D eigenvalue weighted by Crippen LogP contribution is -2.21. The highest BCUT2D eigenvalue weighted by Crippen LogP contribution is 2.26. The van der Waals surface area contributed by atoms with Gasteiger partial charge in [0.2, 0.25) is 0 Å². The molecule has 1 saturated carbocycles. The van der Waals surface area contributed by atoms with E-state index in [2.05, 4.69) is 5.32 Å². The summed E-state index contributed by atoms with van der Waals surface area (Å²) in [5.41, 5.74) is 2.16. The van der Waals surface area contributed by atoms with Gasteiger partial charge in [-0.15, -0.1) is 0 Å². The molecule has 0 heterocycles. The van der Waals surface area contributed by atoms with E-state index in [1.54, 1.807) is 12.1 Å². The molecule has 1 fully saturated rings. The molecule has 0 atom stereocenters. The predicted octanol–water partition coefficient (Wildman–Crippen LogP) is 4.43. The lowest BCUT2D eigenvalue weighted by atomic mass is 9.96. The van der Waals surface area contributed by atoms with Crippen molar-refractivity contribution < 1.29 is 4.92 Å². The summed E-state index contributed by atoms with van der Waals surface area (Å²) >= 11 is 0. The van der Waals surface area contributed by atoms with Gasteiger partial charge in [0.1, 0.15) is 0 Å². The minimum absolute atomic E-state index is 0.166. The first-order chi connectivity index (χ1) is 9.16. The van der Waals surface area contributed by atoms with Gasteiger partial charge in [-0.1, -0.05) is 38.2 Å². The molecule has 0 bridgehead atoms. The Morgan fingerprint density at radius 2 is 1.79 bits per heavy atom. The number of aryl methyl sites for hydroxylation is 1. The minimum atomic E-state index is -0.331. The largest absolute Gasteiger partial charge is 0.382 e. The zero-order valence-electron chi connectivity index (χ0n) is 11.5. The maximum Gasteiger partial charge on any atom is 0.271 e.